The highest BCUT2D eigenvalue weighted by Gasteiger charge is 2.12. The predicted octanol–water partition coefficient (Wildman–Crippen LogP) is 2.49. The Bertz CT molecular complexity index is 565. The van der Waals surface area contributed by atoms with Crippen molar-refractivity contribution in [3.63, 3.8) is 0 Å². The summed E-state index contributed by atoms with van der Waals surface area (Å²) in [4.78, 5) is 9.92. The zero-order valence-corrected chi connectivity index (χ0v) is 10.5. The van der Waals surface area contributed by atoms with Crippen LogP contribution in [0.1, 0.15) is 11.3 Å². The summed E-state index contributed by atoms with van der Waals surface area (Å²) < 4.78 is 10.6. The molecule has 0 aliphatic heterocycles. The molecule has 0 radical (unpaired) electrons. The predicted molar refractivity (Wildman–Crippen MR) is 68.9 cm³/mol. The van der Waals surface area contributed by atoms with Crippen LogP contribution >= 0.6 is 0 Å². The molecule has 19 heavy (non-hydrogen) atoms. The number of benzene rings is 1. The van der Waals surface area contributed by atoms with E-state index < -0.39 is 4.92 Å². The molecule has 0 fully saturated rings. The third kappa shape index (κ3) is 3.32. The summed E-state index contributed by atoms with van der Waals surface area (Å²) in [5, 5.41) is 13.5. The molecule has 0 aliphatic carbocycles. The van der Waals surface area contributed by atoms with Crippen LogP contribution in [0.5, 0.6) is 5.75 Å². The second-order valence-electron chi connectivity index (χ2n) is 3.92. The first-order chi connectivity index (χ1) is 9.20. The fourth-order valence-electron chi connectivity index (χ4n) is 1.67. The van der Waals surface area contributed by atoms with E-state index in [4.69, 9.17) is 9.15 Å². The molecule has 0 atom stereocenters. The highest BCUT2D eigenvalue weighted by Crippen LogP contribution is 2.21. The monoisotopic (exact) mass is 262 g/mol. The lowest BCUT2D eigenvalue weighted by Gasteiger charge is -2.09. The van der Waals surface area contributed by atoms with Gasteiger partial charge in [0.05, 0.1) is 6.07 Å². The first kappa shape index (κ1) is 13.1. The van der Waals surface area contributed by atoms with Gasteiger partial charge in [-0.3, -0.25) is 10.1 Å². The van der Waals surface area contributed by atoms with Crippen LogP contribution in [0.3, 0.4) is 0 Å². The van der Waals surface area contributed by atoms with Gasteiger partial charge >= 0.3 is 5.88 Å². The molecule has 1 heterocycles. The maximum absolute atomic E-state index is 10.5. The third-order valence-corrected chi connectivity index (χ3v) is 2.54. The molecule has 0 saturated heterocycles. The van der Waals surface area contributed by atoms with Gasteiger partial charge in [0.25, 0.3) is 0 Å². The smallest absolute Gasteiger partial charge is 0.433 e. The van der Waals surface area contributed by atoms with E-state index in [1.54, 1.807) is 6.07 Å². The summed E-state index contributed by atoms with van der Waals surface area (Å²) in [6.07, 6.45) is 0. The Morgan fingerprint density at radius 1 is 1.32 bits per heavy atom. The number of nitrogens with zero attached hydrogens (tertiary/aromatic N) is 1. The fourth-order valence-corrected chi connectivity index (χ4v) is 1.67. The van der Waals surface area contributed by atoms with E-state index >= 15 is 0 Å². The molecule has 0 amide bonds. The summed E-state index contributed by atoms with van der Waals surface area (Å²) in [5.74, 6) is 0.879. The number of nitro groups is 1. The highest BCUT2D eigenvalue weighted by atomic mass is 16.6. The standard InChI is InChI=1S/C13H14N2O4/c1-14-8-10-4-2-3-5-12(10)18-9-11-6-7-13(19-11)15(16)17/h2-7,14H,8-9H2,1H3. The third-order valence-electron chi connectivity index (χ3n) is 2.54. The minimum Gasteiger partial charge on any atom is -0.485 e. The van der Waals surface area contributed by atoms with Gasteiger partial charge in [0.1, 0.15) is 23.0 Å². The molecular formula is C13H14N2O4. The number of nitrogens with one attached hydrogen (secondary N) is 1. The Morgan fingerprint density at radius 2 is 2.11 bits per heavy atom. The number of hydrogen-bond acceptors (Lipinski definition) is 5. The SMILES string of the molecule is CNCc1ccccc1OCc1ccc([N+](=O)[O-])o1. The van der Waals surface area contributed by atoms with E-state index in [9.17, 15) is 10.1 Å². The van der Waals surface area contributed by atoms with Gasteiger partial charge in [-0.2, -0.15) is 0 Å². The second-order valence-corrected chi connectivity index (χ2v) is 3.92. The minimum absolute atomic E-state index is 0.161. The van der Waals surface area contributed by atoms with Crippen molar-refractivity contribution in [1.82, 2.24) is 5.32 Å². The molecule has 6 heteroatoms. The molecule has 0 spiro atoms. The summed E-state index contributed by atoms with van der Waals surface area (Å²) in [6, 6.07) is 10.5. The number of ether oxygens (including phenoxy) is 1. The topological polar surface area (TPSA) is 77.5 Å². The molecule has 1 N–H and O–H groups in total. The summed E-state index contributed by atoms with van der Waals surface area (Å²) in [6.45, 7) is 0.850. The van der Waals surface area contributed by atoms with Crippen LogP contribution < -0.4 is 10.1 Å². The zero-order valence-electron chi connectivity index (χ0n) is 10.5. The van der Waals surface area contributed by atoms with Crippen LogP contribution in [0.15, 0.2) is 40.8 Å². The van der Waals surface area contributed by atoms with Crippen molar-refractivity contribution in [3.05, 3.63) is 57.8 Å². The molecule has 0 unspecified atom stereocenters. The lowest BCUT2D eigenvalue weighted by Crippen LogP contribution is -2.07. The maximum Gasteiger partial charge on any atom is 0.433 e. The van der Waals surface area contributed by atoms with Crippen molar-refractivity contribution in [2.75, 3.05) is 7.05 Å². The Balaban J connectivity index is 2.03. The summed E-state index contributed by atoms with van der Waals surface area (Å²) >= 11 is 0. The molecule has 0 aliphatic rings. The average molecular weight is 262 g/mol. The molecule has 6 nitrogen and oxygen atoms in total. The summed E-state index contributed by atoms with van der Waals surface area (Å²) in [7, 11) is 1.85. The van der Waals surface area contributed by atoms with Gasteiger partial charge < -0.3 is 14.5 Å². The molecule has 100 valence electrons. The zero-order chi connectivity index (χ0) is 13.7. The number of hydrogen-bond donors (Lipinski definition) is 1. The normalized spacial score (nSPS) is 10.4. The van der Waals surface area contributed by atoms with Crippen molar-refractivity contribution in [2.24, 2.45) is 0 Å². The lowest BCUT2D eigenvalue weighted by molar-refractivity contribution is -0.402. The molecule has 2 aromatic rings. The van der Waals surface area contributed by atoms with Crippen LogP contribution in [0.2, 0.25) is 0 Å². The molecule has 0 bridgehead atoms. The van der Waals surface area contributed by atoms with Gasteiger partial charge in [-0.15, -0.1) is 0 Å². The molecule has 1 aromatic heterocycles. The number of furan rings is 1. The Hall–Kier alpha value is -2.34. The van der Waals surface area contributed by atoms with Gasteiger partial charge in [-0.1, -0.05) is 18.2 Å². The molecular weight excluding hydrogens is 248 g/mol. The van der Waals surface area contributed by atoms with Gasteiger partial charge in [-0.25, -0.2) is 0 Å². The molecule has 0 saturated carbocycles. The quantitative estimate of drug-likeness (QED) is 0.639. The highest BCUT2D eigenvalue weighted by molar-refractivity contribution is 5.33. The number of rotatable bonds is 6. The van der Waals surface area contributed by atoms with Crippen molar-refractivity contribution in [2.45, 2.75) is 13.2 Å². The lowest BCUT2D eigenvalue weighted by atomic mass is 10.2. The van der Waals surface area contributed by atoms with Crippen molar-refractivity contribution >= 4 is 5.88 Å². The van der Waals surface area contributed by atoms with E-state index in [0.29, 0.717) is 12.3 Å². The van der Waals surface area contributed by atoms with Crippen molar-refractivity contribution < 1.29 is 14.1 Å². The number of para-hydroxylation sites is 1. The fraction of sp³-hybridized carbons (Fsp3) is 0.231. The van der Waals surface area contributed by atoms with E-state index in [1.807, 2.05) is 31.3 Å². The second kappa shape index (κ2) is 6.01. The van der Waals surface area contributed by atoms with Gasteiger partial charge in [0, 0.05) is 12.1 Å². The first-order valence-electron chi connectivity index (χ1n) is 5.79. The van der Waals surface area contributed by atoms with Crippen LogP contribution in [0.4, 0.5) is 5.88 Å². The molecule has 1 aromatic carbocycles. The Kier molecular flexibility index (Phi) is 4.15. The van der Waals surface area contributed by atoms with Crippen LogP contribution in [-0.4, -0.2) is 12.0 Å². The summed E-state index contributed by atoms with van der Waals surface area (Å²) in [5.41, 5.74) is 1.02. The van der Waals surface area contributed by atoms with Gasteiger partial charge in [0.15, 0.2) is 0 Å². The van der Waals surface area contributed by atoms with Gasteiger partial charge in [0.2, 0.25) is 0 Å². The molecule has 2 rings (SSSR count). The van der Waals surface area contributed by atoms with Gasteiger partial charge in [-0.05, 0) is 19.2 Å². The van der Waals surface area contributed by atoms with E-state index in [-0.39, 0.29) is 12.5 Å². The first-order valence-corrected chi connectivity index (χ1v) is 5.79. The Morgan fingerprint density at radius 3 is 2.79 bits per heavy atom. The average Bonchev–Trinajstić information content (AvgIpc) is 2.87. The van der Waals surface area contributed by atoms with E-state index in [1.165, 1.54) is 6.07 Å². The largest absolute Gasteiger partial charge is 0.485 e. The maximum atomic E-state index is 10.5. The van der Waals surface area contributed by atoms with Crippen molar-refractivity contribution in [1.29, 1.82) is 0 Å². The van der Waals surface area contributed by atoms with Crippen LogP contribution in [-0.2, 0) is 13.2 Å². The Labute approximate surface area is 110 Å². The minimum atomic E-state index is -0.571. The van der Waals surface area contributed by atoms with E-state index in [2.05, 4.69) is 5.32 Å². The van der Waals surface area contributed by atoms with Crippen molar-refractivity contribution in [3.8, 4) is 5.75 Å². The van der Waals surface area contributed by atoms with E-state index in [0.717, 1.165) is 11.3 Å². The van der Waals surface area contributed by atoms with Crippen LogP contribution in [0, 0.1) is 10.1 Å². The van der Waals surface area contributed by atoms with Crippen LogP contribution in [0.25, 0.3) is 0 Å².